The SMILES string of the molecule is O=C(/C=C/c1ccccc1)OC[C@H](O)[C@H](O)[C@H](O)[C@H](O)CO. The highest BCUT2D eigenvalue weighted by atomic mass is 16.5. The average molecular weight is 312 g/mol. The van der Waals surface area contributed by atoms with Crippen molar-refractivity contribution in [3.63, 3.8) is 0 Å². The van der Waals surface area contributed by atoms with E-state index in [1.165, 1.54) is 6.08 Å². The Morgan fingerprint density at radius 3 is 2.23 bits per heavy atom. The van der Waals surface area contributed by atoms with Crippen LogP contribution in [0.3, 0.4) is 0 Å². The normalized spacial score (nSPS) is 17.0. The third-order valence-electron chi connectivity index (χ3n) is 2.93. The minimum atomic E-state index is -1.76. The van der Waals surface area contributed by atoms with Crippen molar-refractivity contribution in [2.45, 2.75) is 24.4 Å². The third-order valence-corrected chi connectivity index (χ3v) is 2.93. The molecule has 1 rings (SSSR count). The lowest BCUT2D eigenvalue weighted by atomic mass is 10.0. The fourth-order valence-electron chi connectivity index (χ4n) is 1.61. The molecule has 4 atom stereocenters. The van der Waals surface area contributed by atoms with Gasteiger partial charge in [-0.3, -0.25) is 0 Å². The maximum absolute atomic E-state index is 11.4. The molecule has 0 aromatic heterocycles. The summed E-state index contributed by atoms with van der Waals surface area (Å²) in [6, 6.07) is 9.02. The summed E-state index contributed by atoms with van der Waals surface area (Å²) in [5.74, 6) is -0.729. The zero-order valence-corrected chi connectivity index (χ0v) is 11.8. The first-order valence-electron chi connectivity index (χ1n) is 6.68. The van der Waals surface area contributed by atoms with Crippen molar-refractivity contribution in [1.82, 2.24) is 0 Å². The molecule has 0 spiro atoms. The number of aliphatic hydroxyl groups is 5. The Bertz CT molecular complexity index is 474. The zero-order valence-electron chi connectivity index (χ0n) is 11.8. The summed E-state index contributed by atoms with van der Waals surface area (Å²) in [6.07, 6.45) is -4.02. The van der Waals surface area contributed by atoms with Gasteiger partial charge in [-0.2, -0.15) is 0 Å². The standard InChI is InChI=1S/C15H20O7/c16-8-11(17)14(20)15(21)12(18)9-22-13(19)7-6-10-4-2-1-3-5-10/h1-7,11-12,14-18,20-21H,8-9H2/b7-6+/t11-,12+,14-,15+/m1/s1. The van der Waals surface area contributed by atoms with Gasteiger partial charge in [0.25, 0.3) is 0 Å². The highest BCUT2D eigenvalue weighted by Gasteiger charge is 2.30. The number of aliphatic hydroxyl groups excluding tert-OH is 5. The molecule has 22 heavy (non-hydrogen) atoms. The van der Waals surface area contributed by atoms with Crippen molar-refractivity contribution in [2.75, 3.05) is 13.2 Å². The number of ether oxygens (including phenoxy) is 1. The van der Waals surface area contributed by atoms with Gasteiger partial charge >= 0.3 is 5.97 Å². The van der Waals surface area contributed by atoms with E-state index in [2.05, 4.69) is 0 Å². The largest absolute Gasteiger partial charge is 0.460 e. The highest BCUT2D eigenvalue weighted by molar-refractivity contribution is 5.87. The number of carbonyl (C=O) groups is 1. The summed E-state index contributed by atoms with van der Waals surface area (Å²) >= 11 is 0. The van der Waals surface area contributed by atoms with E-state index in [-0.39, 0.29) is 0 Å². The van der Waals surface area contributed by atoms with E-state index in [0.717, 1.165) is 11.6 Å². The molecule has 7 nitrogen and oxygen atoms in total. The molecule has 0 aliphatic heterocycles. The number of carbonyl (C=O) groups excluding carboxylic acids is 1. The van der Waals surface area contributed by atoms with E-state index in [0.29, 0.717) is 0 Å². The number of hydrogen-bond acceptors (Lipinski definition) is 7. The van der Waals surface area contributed by atoms with Crippen molar-refractivity contribution in [3.05, 3.63) is 42.0 Å². The molecule has 0 amide bonds. The maximum atomic E-state index is 11.4. The summed E-state index contributed by atoms with van der Waals surface area (Å²) in [6.45, 7) is -1.33. The highest BCUT2D eigenvalue weighted by Crippen LogP contribution is 2.06. The van der Waals surface area contributed by atoms with Gasteiger partial charge in [0.1, 0.15) is 31.0 Å². The molecule has 0 unspecified atom stereocenters. The summed E-state index contributed by atoms with van der Waals surface area (Å²) in [5.41, 5.74) is 0.793. The Hall–Kier alpha value is -1.77. The van der Waals surface area contributed by atoms with Crippen LogP contribution in [0, 0.1) is 0 Å². The van der Waals surface area contributed by atoms with Gasteiger partial charge in [0.2, 0.25) is 0 Å². The zero-order chi connectivity index (χ0) is 16.5. The van der Waals surface area contributed by atoms with Gasteiger partial charge in [-0.1, -0.05) is 30.3 Å². The van der Waals surface area contributed by atoms with Gasteiger partial charge in [-0.25, -0.2) is 4.79 Å². The van der Waals surface area contributed by atoms with Crippen molar-refractivity contribution in [1.29, 1.82) is 0 Å². The molecule has 0 bridgehead atoms. The van der Waals surface area contributed by atoms with Gasteiger partial charge in [-0.05, 0) is 11.6 Å². The first kappa shape index (κ1) is 18.3. The third kappa shape index (κ3) is 5.92. The Morgan fingerprint density at radius 2 is 1.64 bits per heavy atom. The molecule has 5 N–H and O–H groups in total. The van der Waals surface area contributed by atoms with Crippen LogP contribution in [0.1, 0.15) is 5.56 Å². The molecular formula is C15H20O7. The molecule has 0 saturated heterocycles. The smallest absolute Gasteiger partial charge is 0.330 e. The second-order valence-corrected chi connectivity index (χ2v) is 4.67. The number of hydrogen-bond donors (Lipinski definition) is 5. The average Bonchev–Trinajstić information content (AvgIpc) is 2.56. The molecule has 0 fully saturated rings. The second-order valence-electron chi connectivity index (χ2n) is 4.67. The van der Waals surface area contributed by atoms with Gasteiger partial charge in [-0.15, -0.1) is 0 Å². The van der Waals surface area contributed by atoms with E-state index in [1.807, 2.05) is 6.07 Å². The summed E-state index contributed by atoms with van der Waals surface area (Å²) in [5, 5.41) is 46.3. The predicted molar refractivity (Wildman–Crippen MR) is 77.5 cm³/mol. The Balaban J connectivity index is 2.41. The molecular weight excluding hydrogens is 292 g/mol. The van der Waals surface area contributed by atoms with Crippen LogP contribution < -0.4 is 0 Å². The molecule has 0 aliphatic carbocycles. The quantitative estimate of drug-likeness (QED) is 0.297. The van der Waals surface area contributed by atoms with Gasteiger partial charge in [0.05, 0.1) is 6.61 Å². The molecule has 0 aliphatic rings. The molecule has 1 aromatic rings. The fraction of sp³-hybridized carbons (Fsp3) is 0.400. The first-order chi connectivity index (χ1) is 10.5. The summed E-state index contributed by atoms with van der Waals surface area (Å²) in [7, 11) is 0. The molecule has 1 aromatic carbocycles. The van der Waals surface area contributed by atoms with Crippen molar-refractivity contribution >= 4 is 12.0 Å². The van der Waals surface area contributed by atoms with Crippen molar-refractivity contribution in [3.8, 4) is 0 Å². The number of rotatable bonds is 8. The lowest BCUT2D eigenvalue weighted by Crippen LogP contribution is -2.47. The second kappa shape index (κ2) is 9.29. The van der Waals surface area contributed by atoms with Crippen LogP contribution in [-0.2, 0) is 9.53 Å². The molecule has 0 radical (unpaired) electrons. The maximum Gasteiger partial charge on any atom is 0.330 e. The van der Waals surface area contributed by atoms with Crippen LogP contribution in [-0.4, -0.2) is 69.1 Å². The monoisotopic (exact) mass is 312 g/mol. The minimum Gasteiger partial charge on any atom is -0.460 e. The number of benzene rings is 1. The van der Waals surface area contributed by atoms with Gasteiger partial charge in [0, 0.05) is 6.08 Å². The van der Waals surface area contributed by atoms with Crippen molar-refractivity contribution in [2.24, 2.45) is 0 Å². The van der Waals surface area contributed by atoms with Crippen molar-refractivity contribution < 1.29 is 35.1 Å². The van der Waals surface area contributed by atoms with E-state index < -0.39 is 43.6 Å². The van der Waals surface area contributed by atoms with Crippen LogP contribution in [0.4, 0.5) is 0 Å². The minimum absolute atomic E-state index is 0.561. The lowest BCUT2D eigenvalue weighted by Gasteiger charge is -2.25. The van der Waals surface area contributed by atoms with E-state index in [4.69, 9.17) is 14.9 Å². The van der Waals surface area contributed by atoms with E-state index >= 15 is 0 Å². The topological polar surface area (TPSA) is 127 Å². The van der Waals surface area contributed by atoms with Crippen LogP contribution in [0.2, 0.25) is 0 Å². The Labute approximate surface area is 127 Å². The summed E-state index contributed by atoms with van der Waals surface area (Å²) in [4.78, 5) is 11.4. The van der Waals surface area contributed by atoms with E-state index in [9.17, 15) is 20.1 Å². The Morgan fingerprint density at radius 1 is 1.05 bits per heavy atom. The van der Waals surface area contributed by atoms with Gasteiger partial charge in [0.15, 0.2) is 0 Å². The van der Waals surface area contributed by atoms with Crippen LogP contribution in [0.15, 0.2) is 36.4 Å². The number of esters is 1. The molecule has 0 saturated carbocycles. The predicted octanol–water partition coefficient (Wildman–Crippen LogP) is -1.32. The first-order valence-corrected chi connectivity index (χ1v) is 6.68. The Kier molecular flexibility index (Phi) is 7.72. The molecule has 7 heteroatoms. The van der Waals surface area contributed by atoms with Crippen LogP contribution in [0.5, 0.6) is 0 Å². The van der Waals surface area contributed by atoms with Crippen LogP contribution >= 0.6 is 0 Å². The molecule has 0 heterocycles. The lowest BCUT2D eigenvalue weighted by molar-refractivity contribution is -0.151. The van der Waals surface area contributed by atoms with E-state index in [1.54, 1.807) is 24.3 Å². The van der Waals surface area contributed by atoms with Gasteiger partial charge < -0.3 is 30.3 Å². The molecule has 122 valence electrons. The summed E-state index contributed by atoms with van der Waals surface area (Å²) < 4.78 is 4.72. The fourth-order valence-corrected chi connectivity index (χ4v) is 1.61. The van der Waals surface area contributed by atoms with Crippen LogP contribution in [0.25, 0.3) is 6.08 Å².